The van der Waals surface area contributed by atoms with Gasteiger partial charge in [0.1, 0.15) is 5.82 Å². The molecule has 0 spiro atoms. The first-order valence-electron chi connectivity index (χ1n) is 10.9. The Balaban J connectivity index is 1.26. The molecule has 32 heavy (non-hydrogen) atoms. The lowest BCUT2D eigenvalue weighted by molar-refractivity contribution is -0.125. The fourth-order valence-corrected chi connectivity index (χ4v) is 4.11. The molecule has 0 bridgehead atoms. The Bertz CT molecular complexity index is 1230. The van der Waals surface area contributed by atoms with E-state index in [0.717, 1.165) is 48.8 Å². The van der Waals surface area contributed by atoms with Gasteiger partial charge in [-0.05, 0) is 50.1 Å². The summed E-state index contributed by atoms with van der Waals surface area (Å²) in [6, 6.07) is 17.8. The van der Waals surface area contributed by atoms with E-state index < -0.39 is 0 Å². The van der Waals surface area contributed by atoms with Crippen LogP contribution in [-0.4, -0.2) is 43.8 Å². The van der Waals surface area contributed by atoms with Crippen molar-refractivity contribution in [2.24, 2.45) is 5.92 Å². The van der Waals surface area contributed by atoms with Crippen LogP contribution in [0.15, 0.2) is 60.8 Å². The average molecular weight is 428 g/mol. The van der Waals surface area contributed by atoms with Gasteiger partial charge in [0.15, 0.2) is 11.5 Å². The number of fused-ring (bicyclic) bond motifs is 1. The molecule has 1 saturated heterocycles. The van der Waals surface area contributed by atoms with Gasteiger partial charge < -0.3 is 10.2 Å². The van der Waals surface area contributed by atoms with Gasteiger partial charge in [0.05, 0.1) is 12.2 Å². The molecule has 1 fully saturated rings. The number of rotatable bonds is 5. The summed E-state index contributed by atoms with van der Waals surface area (Å²) in [5, 5.41) is 16.5. The summed E-state index contributed by atoms with van der Waals surface area (Å²) >= 11 is 0. The minimum absolute atomic E-state index is 0.0106. The minimum Gasteiger partial charge on any atom is -0.355 e. The summed E-state index contributed by atoms with van der Waals surface area (Å²) in [4.78, 5) is 19.1. The molecule has 1 aliphatic rings. The highest BCUT2D eigenvalue weighted by atomic mass is 16.1. The maximum Gasteiger partial charge on any atom is 0.223 e. The molecular formula is C24H25N7O. The number of anilines is 1. The molecule has 1 N–H and O–H groups in total. The highest BCUT2D eigenvalue weighted by Crippen LogP contribution is 2.24. The maximum atomic E-state index is 12.6. The number of hydrogen-bond acceptors (Lipinski definition) is 6. The maximum absolute atomic E-state index is 12.6. The van der Waals surface area contributed by atoms with Gasteiger partial charge in [-0.15, -0.1) is 15.3 Å². The van der Waals surface area contributed by atoms with Crippen molar-refractivity contribution in [1.82, 2.24) is 30.1 Å². The predicted octanol–water partition coefficient (Wildman–Crippen LogP) is 3.03. The van der Waals surface area contributed by atoms with Crippen LogP contribution in [0.1, 0.15) is 24.1 Å². The summed E-state index contributed by atoms with van der Waals surface area (Å²) in [5.41, 5.74) is 3.74. The van der Waals surface area contributed by atoms with Crippen LogP contribution in [0.4, 0.5) is 5.82 Å². The second-order valence-corrected chi connectivity index (χ2v) is 8.15. The van der Waals surface area contributed by atoms with Crippen molar-refractivity contribution in [1.29, 1.82) is 0 Å². The van der Waals surface area contributed by atoms with Crippen molar-refractivity contribution in [3.05, 3.63) is 72.1 Å². The molecule has 0 radical (unpaired) electrons. The van der Waals surface area contributed by atoms with E-state index >= 15 is 0 Å². The number of piperidine rings is 1. The first kappa shape index (κ1) is 20.1. The summed E-state index contributed by atoms with van der Waals surface area (Å²) in [5.74, 6) is 1.71. The van der Waals surface area contributed by atoms with E-state index in [4.69, 9.17) is 5.10 Å². The summed E-state index contributed by atoms with van der Waals surface area (Å²) in [6.07, 6.45) is 3.32. The number of carbonyl (C=O) groups is 1. The Hall–Kier alpha value is -3.81. The molecule has 0 atom stereocenters. The second kappa shape index (κ2) is 8.74. The number of hydrogen-bond donors (Lipinski definition) is 1. The third-order valence-electron chi connectivity index (χ3n) is 5.88. The normalized spacial score (nSPS) is 14.6. The van der Waals surface area contributed by atoms with E-state index in [1.54, 1.807) is 10.7 Å². The molecule has 0 saturated carbocycles. The van der Waals surface area contributed by atoms with Crippen molar-refractivity contribution >= 4 is 17.4 Å². The Kier molecular flexibility index (Phi) is 5.49. The third-order valence-corrected chi connectivity index (χ3v) is 5.88. The number of nitrogens with one attached hydrogen (secondary N) is 1. The van der Waals surface area contributed by atoms with Crippen molar-refractivity contribution in [3.8, 4) is 11.4 Å². The van der Waals surface area contributed by atoms with Crippen LogP contribution in [0.5, 0.6) is 0 Å². The lowest BCUT2D eigenvalue weighted by Crippen LogP contribution is -2.40. The second-order valence-electron chi connectivity index (χ2n) is 8.15. The van der Waals surface area contributed by atoms with Gasteiger partial charge in [-0.25, -0.2) is 0 Å². The molecule has 8 heteroatoms. The zero-order valence-electron chi connectivity index (χ0n) is 18.0. The van der Waals surface area contributed by atoms with E-state index in [-0.39, 0.29) is 11.8 Å². The van der Waals surface area contributed by atoms with Gasteiger partial charge >= 0.3 is 0 Å². The fourth-order valence-electron chi connectivity index (χ4n) is 4.11. The van der Waals surface area contributed by atoms with Gasteiger partial charge in [-0.3, -0.25) is 9.78 Å². The van der Waals surface area contributed by atoms with Gasteiger partial charge in [0.25, 0.3) is 0 Å². The molecule has 8 nitrogen and oxygen atoms in total. The third kappa shape index (κ3) is 4.16. The summed E-state index contributed by atoms with van der Waals surface area (Å²) < 4.78 is 1.80. The summed E-state index contributed by atoms with van der Waals surface area (Å²) in [6.45, 7) is 4.08. The minimum atomic E-state index is 0.0106. The molecule has 1 aliphatic heterocycles. The average Bonchev–Trinajstić information content (AvgIpc) is 3.27. The van der Waals surface area contributed by atoms with E-state index in [2.05, 4.69) is 44.5 Å². The number of carbonyl (C=O) groups excluding carboxylic acids is 1. The van der Waals surface area contributed by atoms with E-state index in [1.165, 1.54) is 5.56 Å². The number of benzene rings is 1. The summed E-state index contributed by atoms with van der Waals surface area (Å²) in [7, 11) is 0. The van der Waals surface area contributed by atoms with Crippen LogP contribution in [0.3, 0.4) is 0 Å². The van der Waals surface area contributed by atoms with E-state index in [9.17, 15) is 4.79 Å². The number of aromatic nitrogens is 5. The van der Waals surface area contributed by atoms with Crippen LogP contribution in [-0.2, 0) is 11.3 Å². The van der Waals surface area contributed by atoms with Gasteiger partial charge in [0.2, 0.25) is 5.91 Å². The lowest BCUT2D eigenvalue weighted by atomic mass is 9.96. The van der Waals surface area contributed by atoms with Crippen LogP contribution < -0.4 is 10.2 Å². The number of nitrogens with zero attached hydrogens (tertiary/aromatic N) is 6. The quantitative estimate of drug-likeness (QED) is 0.527. The van der Waals surface area contributed by atoms with Crippen molar-refractivity contribution in [2.45, 2.75) is 26.3 Å². The molecular weight excluding hydrogens is 402 g/mol. The predicted molar refractivity (Wildman–Crippen MR) is 122 cm³/mol. The number of amides is 1. The molecule has 5 rings (SSSR count). The largest absolute Gasteiger partial charge is 0.355 e. The van der Waals surface area contributed by atoms with Crippen LogP contribution in [0, 0.1) is 12.8 Å². The van der Waals surface area contributed by atoms with Gasteiger partial charge in [-0.2, -0.15) is 4.52 Å². The zero-order valence-corrected chi connectivity index (χ0v) is 18.0. The molecule has 4 aromatic rings. The van der Waals surface area contributed by atoms with Crippen LogP contribution >= 0.6 is 0 Å². The number of pyridine rings is 1. The Morgan fingerprint density at radius 1 is 1.06 bits per heavy atom. The van der Waals surface area contributed by atoms with Crippen molar-refractivity contribution < 1.29 is 4.79 Å². The smallest absolute Gasteiger partial charge is 0.223 e. The molecule has 1 aromatic carbocycles. The molecule has 1 amide bonds. The monoisotopic (exact) mass is 427 g/mol. The first-order valence-corrected chi connectivity index (χ1v) is 10.9. The molecule has 162 valence electrons. The van der Waals surface area contributed by atoms with Crippen molar-refractivity contribution in [3.63, 3.8) is 0 Å². The van der Waals surface area contributed by atoms with Gasteiger partial charge in [-0.1, -0.05) is 29.8 Å². The van der Waals surface area contributed by atoms with E-state index in [1.807, 2.05) is 42.5 Å². The SMILES string of the molecule is Cc1cccc(-c2nnc3ccc(N4CCC(C(=O)NCc5ccccn5)CC4)nn23)c1. The molecule has 4 heterocycles. The lowest BCUT2D eigenvalue weighted by Gasteiger charge is -2.32. The topological polar surface area (TPSA) is 88.3 Å². The molecule has 0 aliphatic carbocycles. The highest BCUT2D eigenvalue weighted by Gasteiger charge is 2.26. The Labute approximate surface area is 186 Å². The van der Waals surface area contributed by atoms with E-state index in [0.29, 0.717) is 12.2 Å². The molecule has 0 unspecified atom stereocenters. The zero-order chi connectivity index (χ0) is 21.9. The Morgan fingerprint density at radius 2 is 1.94 bits per heavy atom. The highest BCUT2D eigenvalue weighted by molar-refractivity contribution is 5.79. The molecule has 3 aromatic heterocycles. The van der Waals surface area contributed by atoms with Crippen LogP contribution in [0.25, 0.3) is 17.0 Å². The van der Waals surface area contributed by atoms with Crippen molar-refractivity contribution in [2.75, 3.05) is 18.0 Å². The van der Waals surface area contributed by atoms with Crippen LogP contribution in [0.2, 0.25) is 0 Å². The first-order chi connectivity index (χ1) is 15.7. The fraction of sp³-hybridized carbons (Fsp3) is 0.292. The standard InChI is InChI=1S/C24H25N7O/c1-17-5-4-6-19(15-17)23-28-27-21-8-9-22(29-31(21)23)30-13-10-18(11-14-30)24(32)26-16-20-7-2-3-12-25-20/h2-9,12,15,18H,10-11,13-14,16H2,1H3,(H,26,32). The Morgan fingerprint density at radius 3 is 2.72 bits per heavy atom. The van der Waals surface area contributed by atoms with Gasteiger partial charge in [0, 0.05) is 30.8 Å². The number of aryl methyl sites for hydroxylation is 1.